The molecule has 0 aromatic carbocycles. The minimum Gasteiger partial charge on any atom is -0.122 e. The maximum absolute atomic E-state index is 2.32. The van der Waals surface area contributed by atoms with Crippen LogP contribution < -0.4 is 0 Å². The summed E-state index contributed by atoms with van der Waals surface area (Å²) >= 11 is 0. The first-order valence-corrected chi connectivity index (χ1v) is 6.89. The second-order valence-electron chi connectivity index (χ2n) is 3.99. The van der Waals surface area contributed by atoms with Crippen molar-refractivity contribution in [2.45, 2.75) is 52.9 Å². The summed E-state index contributed by atoms with van der Waals surface area (Å²) in [5.41, 5.74) is 0. The average molecular weight is 188 g/mol. The Balaban J connectivity index is 2.82. The monoisotopic (exact) mass is 188 g/mol. The van der Waals surface area contributed by atoms with Gasteiger partial charge in [0.15, 0.2) is 0 Å². The molecule has 0 amide bonds. The fourth-order valence-corrected chi connectivity index (χ4v) is 2.46. The third-order valence-corrected chi connectivity index (χ3v) is 3.51. The summed E-state index contributed by atoms with van der Waals surface area (Å²) in [5, 5.41) is 0. The first-order valence-electron chi connectivity index (χ1n) is 5.48. The molecule has 1 heteroatoms. The molecule has 0 saturated heterocycles. The molecular weight excluding hydrogens is 163 g/mol. The Morgan fingerprint density at radius 2 is 1.67 bits per heavy atom. The number of rotatable bonds is 8. The fraction of sp³-hybridized carbons (Fsp3) is 1.00. The average Bonchev–Trinajstić information content (AvgIpc) is 2.02. The molecule has 0 saturated carbocycles. The van der Waals surface area contributed by atoms with E-state index >= 15 is 0 Å². The Hall–Kier alpha value is 0.430. The SMILES string of the molecule is CCCCCPCCCC(C)C. The Kier molecular flexibility index (Phi) is 9.86. The third kappa shape index (κ3) is 10.4. The molecule has 0 fully saturated rings. The zero-order valence-electron chi connectivity index (χ0n) is 9.03. The van der Waals surface area contributed by atoms with Crippen LogP contribution in [-0.4, -0.2) is 12.3 Å². The van der Waals surface area contributed by atoms with Crippen molar-refractivity contribution in [3.05, 3.63) is 0 Å². The van der Waals surface area contributed by atoms with Gasteiger partial charge >= 0.3 is 0 Å². The number of hydrogen-bond acceptors (Lipinski definition) is 0. The predicted octanol–water partition coefficient (Wildman–Crippen LogP) is 4.29. The van der Waals surface area contributed by atoms with Crippen molar-refractivity contribution in [2.24, 2.45) is 5.92 Å². The largest absolute Gasteiger partial charge is 0.122 e. The van der Waals surface area contributed by atoms with E-state index in [4.69, 9.17) is 0 Å². The zero-order chi connectivity index (χ0) is 9.23. The minimum atomic E-state index is 0.908. The van der Waals surface area contributed by atoms with Gasteiger partial charge in [0.2, 0.25) is 0 Å². The molecule has 0 heterocycles. The summed E-state index contributed by atoms with van der Waals surface area (Å²) in [7, 11) is 1.24. The van der Waals surface area contributed by atoms with E-state index in [1.54, 1.807) is 0 Å². The summed E-state index contributed by atoms with van der Waals surface area (Å²) in [6.07, 6.45) is 10.2. The molecule has 0 aromatic heterocycles. The quantitative estimate of drug-likeness (QED) is 0.393. The van der Waals surface area contributed by atoms with E-state index in [-0.39, 0.29) is 0 Å². The molecule has 0 spiro atoms. The summed E-state index contributed by atoms with van der Waals surface area (Å²) in [6, 6.07) is 0. The lowest BCUT2D eigenvalue weighted by Gasteiger charge is -2.03. The molecule has 0 rings (SSSR count). The van der Waals surface area contributed by atoms with Crippen molar-refractivity contribution < 1.29 is 0 Å². The molecule has 0 N–H and O–H groups in total. The molecule has 0 aliphatic heterocycles. The number of unbranched alkanes of at least 4 members (excludes halogenated alkanes) is 2. The molecule has 0 aromatic rings. The van der Waals surface area contributed by atoms with Crippen LogP contribution in [0.5, 0.6) is 0 Å². The van der Waals surface area contributed by atoms with Crippen LogP contribution in [0.1, 0.15) is 52.9 Å². The summed E-state index contributed by atoms with van der Waals surface area (Å²) in [6.45, 7) is 6.92. The van der Waals surface area contributed by atoms with Crippen molar-refractivity contribution in [2.75, 3.05) is 12.3 Å². The second kappa shape index (κ2) is 9.52. The van der Waals surface area contributed by atoms with Crippen LogP contribution >= 0.6 is 8.58 Å². The highest BCUT2D eigenvalue weighted by molar-refractivity contribution is 7.37. The summed E-state index contributed by atoms with van der Waals surface area (Å²) in [5.74, 6) is 0.908. The fourth-order valence-electron chi connectivity index (χ4n) is 1.26. The molecular formula is C11H25P. The third-order valence-electron chi connectivity index (χ3n) is 2.09. The van der Waals surface area contributed by atoms with E-state index < -0.39 is 0 Å². The smallest absolute Gasteiger partial charge is 0.0353 e. The highest BCUT2D eigenvalue weighted by Gasteiger charge is 1.93. The van der Waals surface area contributed by atoms with Gasteiger partial charge in [-0.1, -0.05) is 40.0 Å². The minimum absolute atomic E-state index is 0.908. The van der Waals surface area contributed by atoms with Crippen LogP contribution in [0.15, 0.2) is 0 Å². The Morgan fingerprint density at radius 1 is 1.00 bits per heavy atom. The molecule has 1 unspecified atom stereocenters. The number of hydrogen-bond donors (Lipinski definition) is 0. The van der Waals surface area contributed by atoms with Crippen molar-refractivity contribution in [3.63, 3.8) is 0 Å². The lowest BCUT2D eigenvalue weighted by atomic mass is 10.1. The van der Waals surface area contributed by atoms with Gasteiger partial charge in [-0.25, -0.2) is 0 Å². The Bertz CT molecular complexity index is 79.1. The van der Waals surface area contributed by atoms with Gasteiger partial charge in [-0.05, 0) is 31.1 Å². The first-order chi connectivity index (χ1) is 5.77. The lowest BCUT2D eigenvalue weighted by molar-refractivity contribution is 0.578. The van der Waals surface area contributed by atoms with Crippen LogP contribution in [0.25, 0.3) is 0 Å². The van der Waals surface area contributed by atoms with Crippen molar-refractivity contribution >= 4 is 8.58 Å². The van der Waals surface area contributed by atoms with Crippen LogP contribution in [0.2, 0.25) is 0 Å². The molecule has 12 heavy (non-hydrogen) atoms. The molecule has 0 nitrogen and oxygen atoms in total. The van der Waals surface area contributed by atoms with Gasteiger partial charge in [0, 0.05) is 0 Å². The molecule has 0 aliphatic rings. The standard InChI is InChI=1S/C11H25P/c1-4-5-6-9-12-10-7-8-11(2)3/h11-12H,4-10H2,1-3H3. The van der Waals surface area contributed by atoms with Gasteiger partial charge < -0.3 is 0 Å². The van der Waals surface area contributed by atoms with Crippen molar-refractivity contribution in [1.82, 2.24) is 0 Å². The van der Waals surface area contributed by atoms with E-state index in [0.29, 0.717) is 0 Å². The normalized spacial score (nSPS) is 12.0. The highest BCUT2D eigenvalue weighted by Crippen LogP contribution is 2.17. The van der Waals surface area contributed by atoms with Crippen LogP contribution in [0.3, 0.4) is 0 Å². The van der Waals surface area contributed by atoms with Gasteiger partial charge in [-0.3, -0.25) is 0 Å². The van der Waals surface area contributed by atoms with E-state index in [1.165, 1.54) is 53.0 Å². The van der Waals surface area contributed by atoms with E-state index in [9.17, 15) is 0 Å². The van der Waals surface area contributed by atoms with E-state index in [1.807, 2.05) is 0 Å². The molecule has 74 valence electrons. The van der Waals surface area contributed by atoms with Crippen molar-refractivity contribution in [1.29, 1.82) is 0 Å². The van der Waals surface area contributed by atoms with E-state index in [0.717, 1.165) is 5.92 Å². The maximum Gasteiger partial charge on any atom is -0.0353 e. The first kappa shape index (κ1) is 12.4. The molecule has 0 bridgehead atoms. The van der Waals surface area contributed by atoms with Gasteiger partial charge in [-0.15, -0.1) is 8.58 Å². The van der Waals surface area contributed by atoms with E-state index in [2.05, 4.69) is 20.8 Å². The van der Waals surface area contributed by atoms with Gasteiger partial charge in [0.1, 0.15) is 0 Å². The summed E-state index contributed by atoms with van der Waals surface area (Å²) in [4.78, 5) is 0. The zero-order valence-corrected chi connectivity index (χ0v) is 10.0. The van der Waals surface area contributed by atoms with Gasteiger partial charge in [0.25, 0.3) is 0 Å². The van der Waals surface area contributed by atoms with Crippen molar-refractivity contribution in [3.8, 4) is 0 Å². The Morgan fingerprint density at radius 3 is 2.25 bits per heavy atom. The predicted molar refractivity (Wildman–Crippen MR) is 61.6 cm³/mol. The lowest BCUT2D eigenvalue weighted by Crippen LogP contribution is -1.88. The topological polar surface area (TPSA) is 0 Å². The van der Waals surface area contributed by atoms with Crippen LogP contribution in [0.4, 0.5) is 0 Å². The van der Waals surface area contributed by atoms with Gasteiger partial charge in [-0.2, -0.15) is 0 Å². The van der Waals surface area contributed by atoms with Crippen LogP contribution in [-0.2, 0) is 0 Å². The maximum atomic E-state index is 2.32. The molecule has 0 aliphatic carbocycles. The highest BCUT2D eigenvalue weighted by atomic mass is 31.1. The molecule has 0 radical (unpaired) electrons. The second-order valence-corrected chi connectivity index (χ2v) is 5.49. The van der Waals surface area contributed by atoms with Gasteiger partial charge in [0.05, 0.1) is 0 Å². The summed E-state index contributed by atoms with van der Waals surface area (Å²) < 4.78 is 0. The Labute approximate surface area is 80.3 Å². The molecule has 1 atom stereocenters. The van der Waals surface area contributed by atoms with Crippen LogP contribution in [0, 0.1) is 5.92 Å².